The zero-order valence-corrected chi connectivity index (χ0v) is 20.2. The van der Waals surface area contributed by atoms with Crippen LogP contribution in [0.2, 0.25) is 5.02 Å². The van der Waals surface area contributed by atoms with E-state index in [0.29, 0.717) is 11.6 Å². The van der Waals surface area contributed by atoms with Crippen LogP contribution in [0.4, 0.5) is 0 Å². The van der Waals surface area contributed by atoms with E-state index in [1.54, 1.807) is 11.3 Å². The largest absolute Gasteiger partial charge is 0.276 e. The molecule has 0 aliphatic carbocycles. The van der Waals surface area contributed by atoms with Gasteiger partial charge in [-0.05, 0) is 49.6 Å². The Morgan fingerprint density at radius 2 is 1.85 bits per heavy atom. The third-order valence-corrected chi connectivity index (χ3v) is 7.04. The van der Waals surface area contributed by atoms with Crippen molar-refractivity contribution in [3.8, 4) is 16.8 Å². The number of hydrogen-bond acceptors (Lipinski definition) is 4. The van der Waals surface area contributed by atoms with E-state index in [1.807, 2.05) is 31.2 Å². The molecule has 4 aromatic rings. The van der Waals surface area contributed by atoms with Crippen LogP contribution in [0, 0.1) is 18.8 Å². The van der Waals surface area contributed by atoms with Crippen LogP contribution in [0.3, 0.4) is 0 Å². The van der Waals surface area contributed by atoms with Crippen molar-refractivity contribution in [2.45, 2.75) is 39.7 Å². The molecule has 0 atom stereocenters. The topological polar surface area (TPSA) is 43.1 Å². The van der Waals surface area contributed by atoms with Crippen molar-refractivity contribution in [2.24, 2.45) is 4.99 Å². The Morgan fingerprint density at radius 1 is 1.03 bits per heavy atom. The van der Waals surface area contributed by atoms with E-state index >= 15 is 0 Å². The zero-order valence-electron chi connectivity index (χ0n) is 18.6. The van der Waals surface area contributed by atoms with Gasteiger partial charge in [0.25, 0.3) is 0 Å². The molecular weight excluding hydrogens is 448 g/mol. The zero-order chi connectivity index (χ0) is 22.8. The Balaban J connectivity index is 1.55. The van der Waals surface area contributed by atoms with E-state index in [0.717, 1.165) is 50.3 Å². The summed E-state index contributed by atoms with van der Waals surface area (Å²) in [5.74, 6) is 8.34. The first-order valence-corrected chi connectivity index (χ1v) is 12.3. The molecule has 0 fully saturated rings. The van der Waals surface area contributed by atoms with Crippen LogP contribution in [0.15, 0.2) is 59.6 Å². The fraction of sp³-hybridized carbons (Fsp3) is 0.222. The smallest absolute Gasteiger partial charge is 0.160 e. The van der Waals surface area contributed by atoms with E-state index in [9.17, 15) is 0 Å². The molecule has 0 unspecified atom stereocenters. The van der Waals surface area contributed by atoms with Crippen LogP contribution < -0.4 is 0 Å². The van der Waals surface area contributed by atoms with Gasteiger partial charge in [-0.3, -0.25) is 9.56 Å². The number of fused-ring (bicyclic) bond motifs is 3. The molecule has 1 aliphatic rings. The highest BCUT2D eigenvalue weighted by Gasteiger charge is 2.25. The van der Waals surface area contributed by atoms with Crippen molar-refractivity contribution in [3.63, 3.8) is 0 Å². The number of benzene rings is 2. The lowest BCUT2D eigenvalue weighted by molar-refractivity contribution is 0.795. The van der Waals surface area contributed by atoms with Gasteiger partial charge in [0.15, 0.2) is 5.82 Å². The number of halogens is 1. The summed E-state index contributed by atoms with van der Waals surface area (Å²) in [5.41, 5.74) is 5.16. The van der Waals surface area contributed by atoms with Crippen LogP contribution in [0.1, 0.15) is 58.5 Å². The second-order valence-electron chi connectivity index (χ2n) is 8.02. The first-order valence-electron chi connectivity index (χ1n) is 11.1. The standard InChI is InChI=1S/C27H23ClN4S/c1-3-4-7-19-10-12-20(13-11-19)14-15-21-16-23-26(22-8-5-6-9-24(22)28)29-17-25-31-30-18(2)32(25)27(23)33-21/h5-6,8-13,16H,3-4,7,17H2,1-2H3. The van der Waals surface area contributed by atoms with Crippen molar-refractivity contribution in [1.29, 1.82) is 0 Å². The molecule has 2 aromatic carbocycles. The molecule has 4 nitrogen and oxygen atoms in total. The number of aliphatic imine (C=N–C) groups is 1. The van der Waals surface area contributed by atoms with Gasteiger partial charge < -0.3 is 0 Å². The molecule has 0 spiro atoms. The normalized spacial score (nSPS) is 12.3. The average Bonchev–Trinajstić information content (AvgIpc) is 3.37. The summed E-state index contributed by atoms with van der Waals surface area (Å²) in [4.78, 5) is 5.85. The Labute approximate surface area is 203 Å². The van der Waals surface area contributed by atoms with Crippen LogP contribution in [0.5, 0.6) is 0 Å². The number of unbranched alkanes of at least 4 members (excludes halogenated alkanes) is 1. The van der Waals surface area contributed by atoms with Crippen molar-refractivity contribution >= 4 is 28.6 Å². The van der Waals surface area contributed by atoms with Gasteiger partial charge in [0, 0.05) is 21.7 Å². The van der Waals surface area contributed by atoms with E-state index in [4.69, 9.17) is 16.6 Å². The van der Waals surface area contributed by atoms with Crippen molar-refractivity contribution in [2.75, 3.05) is 0 Å². The first kappa shape index (κ1) is 21.6. The molecule has 164 valence electrons. The highest BCUT2D eigenvalue weighted by Crippen LogP contribution is 2.34. The Hall–Kier alpha value is -3.20. The number of hydrogen-bond donors (Lipinski definition) is 0. The minimum Gasteiger partial charge on any atom is -0.276 e. The predicted octanol–water partition coefficient (Wildman–Crippen LogP) is 6.38. The number of rotatable bonds is 4. The summed E-state index contributed by atoms with van der Waals surface area (Å²) in [5, 5.41) is 10.3. The van der Waals surface area contributed by atoms with Gasteiger partial charge in [-0.15, -0.1) is 21.5 Å². The van der Waals surface area contributed by atoms with Gasteiger partial charge in [0.2, 0.25) is 0 Å². The molecule has 0 amide bonds. The maximum atomic E-state index is 6.55. The third-order valence-electron chi connectivity index (χ3n) is 5.67. The van der Waals surface area contributed by atoms with Crippen LogP contribution >= 0.6 is 22.9 Å². The second kappa shape index (κ2) is 9.35. The minimum atomic E-state index is 0.453. The lowest BCUT2D eigenvalue weighted by Gasteiger charge is -2.08. The molecule has 3 heterocycles. The van der Waals surface area contributed by atoms with Crippen LogP contribution in [0.25, 0.3) is 5.00 Å². The van der Waals surface area contributed by atoms with Crippen LogP contribution in [-0.4, -0.2) is 20.5 Å². The monoisotopic (exact) mass is 470 g/mol. The Kier molecular flexibility index (Phi) is 6.13. The Morgan fingerprint density at radius 3 is 2.64 bits per heavy atom. The number of aromatic nitrogens is 3. The third kappa shape index (κ3) is 4.37. The summed E-state index contributed by atoms with van der Waals surface area (Å²) in [6.07, 6.45) is 3.54. The highest BCUT2D eigenvalue weighted by molar-refractivity contribution is 7.15. The van der Waals surface area contributed by atoms with Crippen molar-refractivity contribution in [3.05, 3.63) is 98.4 Å². The first-order chi connectivity index (χ1) is 16.1. The highest BCUT2D eigenvalue weighted by atomic mass is 35.5. The van der Waals surface area contributed by atoms with Crippen LogP contribution in [-0.2, 0) is 13.0 Å². The van der Waals surface area contributed by atoms with E-state index < -0.39 is 0 Å². The summed E-state index contributed by atoms with van der Waals surface area (Å²) < 4.78 is 2.08. The molecule has 0 bridgehead atoms. The molecule has 2 aromatic heterocycles. The van der Waals surface area contributed by atoms with E-state index in [-0.39, 0.29) is 0 Å². The van der Waals surface area contributed by atoms with Gasteiger partial charge in [0.05, 0.1) is 10.6 Å². The van der Waals surface area contributed by atoms with Crippen molar-refractivity contribution in [1.82, 2.24) is 14.8 Å². The van der Waals surface area contributed by atoms with Gasteiger partial charge in [-0.2, -0.15) is 0 Å². The molecule has 0 saturated heterocycles. The molecule has 33 heavy (non-hydrogen) atoms. The van der Waals surface area contributed by atoms with E-state index in [1.165, 1.54) is 18.4 Å². The number of nitrogens with zero attached hydrogens (tertiary/aromatic N) is 4. The molecule has 6 heteroatoms. The molecule has 5 rings (SSSR count). The molecular formula is C27H23ClN4S. The summed E-state index contributed by atoms with van der Waals surface area (Å²) >= 11 is 8.18. The van der Waals surface area contributed by atoms with Gasteiger partial charge >= 0.3 is 0 Å². The lowest BCUT2D eigenvalue weighted by atomic mass is 10.0. The second-order valence-corrected chi connectivity index (χ2v) is 9.46. The van der Waals surface area contributed by atoms with E-state index in [2.05, 4.69) is 63.9 Å². The predicted molar refractivity (Wildman–Crippen MR) is 136 cm³/mol. The summed E-state index contributed by atoms with van der Waals surface area (Å²) in [7, 11) is 0. The molecule has 0 radical (unpaired) electrons. The average molecular weight is 471 g/mol. The maximum Gasteiger partial charge on any atom is 0.160 e. The SMILES string of the molecule is CCCCc1ccc(C#Cc2cc3c(s2)-n2c(C)nnc2CN=C3c2ccccc2Cl)cc1. The van der Waals surface area contributed by atoms with Crippen molar-refractivity contribution < 1.29 is 0 Å². The molecule has 0 N–H and O–H groups in total. The Bertz CT molecular complexity index is 1400. The lowest BCUT2D eigenvalue weighted by Crippen LogP contribution is -2.05. The summed E-state index contributed by atoms with van der Waals surface area (Å²) in [6, 6.07) is 18.5. The number of thiophene rings is 1. The fourth-order valence-corrected chi connectivity index (χ4v) is 5.25. The number of aryl methyl sites for hydroxylation is 2. The fourth-order valence-electron chi connectivity index (χ4n) is 3.94. The quantitative estimate of drug-likeness (QED) is 0.324. The molecule has 1 aliphatic heterocycles. The van der Waals surface area contributed by atoms with Gasteiger partial charge in [0.1, 0.15) is 17.4 Å². The van der Waals surface area contributed by atoms with Gasteiger partial charge in [-0.25, -0.2) is 0 Å². The maximum absolute atomic E-state index is 6.55. The minimum absolute atomic E-state index is 0.453. The summed E-state index contributed by atoms with van der Waals surface area (Å²) in [6.45, 7) is 4.63. The van der Waals surface area contributed by atoms with Gasteiger partial charge in [-0.1, -0.05) is 67.1 Å². The molecule has 0 saturated carbocycles.